The van der Waals surface area contributed by atoms with Crippen LogP contribution < -0.4 is 0 Å². The first-order chi connectivity index (χ1) is 14.6. The van der Waals surface area contributed by atoms with Crippen molar-refractivity contribution in [2.45, 2.75) is 103 Å². The van der Waals surface area contributed by atoms with Crippen molar-refractivity contribution in [3.63, 3.8) is 0 Å². The Bertz CT molecular complexity index is 713. The summed E-state index contributed by atoms with van der Waals surface area (Å²) in [6.45, 7) is 3.83. The van der Waals surface area contributed by atoms with Gasteiger partial charge < -0.3 is 0 Å². The maximum Gasteiger partial charge on any atom is 0.162 e. The minimum absolute atomic E-state index is 0.273. The highest BCUT2D eigenvalue weighted by atomic mass is 19.1. The molecular weight excluding hydrogens is 378 g/mol. The standard InChI is InChI=1S/C26H38F2N2/c1-3-4-5-6-7-8-11-15-23-19-29-26(30-20-23)24-17-16-22(18-25(24)28)14-12-9-10-13-21(2)27/h16-21H,3-15H2,1-2H3. The fourth-order valence-corrected chi connectivity index (χ4v) is 3.74. The molecule has 2 rings (SSSR count). The van der Waals surface area contributed by atoms with Crippen LogP contribution >= 0.6 is 0 Å². The molecule has 0 N–H and O–H groups in total. The molecule has 4 heteroatoms. The number of aromatic nitrogens is 2. The molecular formula is C26H38F2N2. The van der Waals surface area contributed by atoms with Crippen molar-refractivity contribution in [2.24, 2.45) is 0 Å². The summed E-state index contributed by atoms with van der Waals surface area (Å²) >= 11 is 0. The molecule has 2 nitrogen and oxygen atoms in total. The first-order valence-electron chi connectivity index (χ1n) is 11.8. The van der Waals surface area contributed by atoms with Crippen molar-refractivity contribution < 1.29 is 8.78 Å². The Balaban J connectivity index is 1.77. The van der Waals surface area contributed by atoms with Gasteiger partial charge in [-0.1, -0.05) is 64.4 Å². The van der Waals surface area contributed by atoms with Gasteiger partial charge in [0, 0.05) is 12.4 Å². The number of hydrogen-bond donors (Lipinski definition) is 0. The van der Waals surface area contributed by atoms with Gasteiger partial charge in [0.2, 0.25) is 0 Å². The van der Waals surface area contributed by atoms with Gasteiger partial charge in [0.25, 0.3) is 0 Å². The number of alkyl halides is 1. The fraction of sp³-hybridized carbons (Fsp3) is 0.615. The van der Waals surface area contributed by atoms with Crippen LogP contribution in [0.4, 0.5) is 8.78 Å². The SMILES string of the molecule is CCCCCCCCCc1cnc(-c2ccc(CCCCCC(C)F)cc2F)nc1. The van der Waals surface area contributed by atoms with Crippen LogP contribution in [0.5, 0.6) is 0 Å². The molecule has 0 fully saturated rings. The summed E-state index contributed by atoms with van der Waals surface area (Å²) in [5.74, 6) is 0.170. The van der Waals surface area contributed by atoms with Gasteiger partial charge in [-0.05, 0) is 62.3 Å². The van der Waals surface area contributed by atoms with Crippen LogP contribution in [0.25, 0.3) is 11.4 Å². The topological polar surface area (TPSA) is 25.8 Å². The molecule has 30 heavy (non-hydrogen) atoms. The zero-order valence-electron chi connectivity index (χ0n) is 18.8. The summed E-state index contributed by atoms with van der Waals surface area (Å²) in [5, 5.41) is 0. The first kappa shape index (κ1) is 24.4. The first-order valence-corrected chi connectivity index (χ1v) is 11.8. The lowest BCUT2D eigenvalue weighted by Gasteiger charge is -2.07. The molecule has 0 aliphatic rings. The Labute approximate surface area is 181 Å². The van der Waals surface area contributed by atoms with Crippen LogP contribution in [0.1, 0.15) is 95.6 Å². The third kappa shape index (κ3) is 9.32. The lowest BCUT2D eigenvalue weighted by molar-refractivity contribution is 0.330. The largest absolute Gasteiger partial charge is 0.248 e. The van der Waals surface area contributed by atoms with Gasteiger partial charge in [-0.25, -0.2) is 18.7 Å². The van der Waals surface area contributed by atoms with Crippen LogP contribution in [0.2, 0.25) is 0 Å². The number of aryl methyl sites for hydroxylation is 2. The van der Waals surface area contributed by atoms with Crippen molar-refractivity contribution in [1.29, 1.82) is 0 Å². The zero-order chi connectivity index (χ0) is 21.6. The molecule has 0 amide bonds. The normalized spacial score (nSPS) is 12.3. The monoisotopic (exact) mass is 416 g/mol. The molecule has 1 aromatic heterocycles. The molecule has 0 aliphatic heterocycles. The van der Waals surface area contributed by atoms with Gasteiger partial charge in [-0.3, -0.25) is 0 Å². The van der Waals surface area contributed by atoms with E-state index in [-0.39, 0.29) is 5.82 Å². The minimum Gasteiger partial charge on any atom is -0.248 e. The highest BCUT2D eigenvalue weighted by Crippen LogP contribution is 2.22. The number of halogens is 2. The molecule has 0 bridgehead atoms. The molecule has 0 spiro atoms. The molecule has 0 aliphatic carbocycles. The molecule has 0 saturated heterocycles. The second-order valence-electron chi connectivity index (χ2n) is 8.48. The highest BCUT2D eigenvalue weighted by molar-refractivity contribution is 5.56. The quantitative estimate of drug-likeness (QED) is 0.275. The van der Waals surface area contributed by atoms with Gasteiger partial charge in [0.05, 0.1) is 11.7 Å². The minimum atomic E-state index is -0.733. The van der Waals surface area contributed by atoms with E-state index in [1.165, 1.54) is 38.5 Å². The van der Waals surface area contributed by atoms with Crippen molar-refractivity contribution in [3.05, 3.63) is 47.5 Å². The van der Waals surface area contributed by atoms with Gasteiger partial charge in [0.1, 0.15) is 5.82 Å². The van der Waals surface area contributed by atoms with E-state index >= 15 is 0 Å². The molecule has 1 aromatic carbocycles. The summed E-state index contributed by atoms with van der Waals surface area (Å²) in [6.07, 6.45) is 17.1. The smallest absolute Gasteiger partial charge is 0.162 e. The van der Waals surface area contributed by atoms with E-state index in [1.807, 2.05) is 18.5 Å². The highest BCUT2D eigenvalue weighted by Gasteiger charge is 2.09. The van der Waals surface area contributed by atoms with Crippen LogP contribution in [0.15, 0.2) is 30.6 Å². The summed E-state index contributed by atoms with van der Waals surface area (Å²) < 4.78 is 27.4. The third-order valence-electron chi connectivity index (χ3n) is 5.62. The predicted molar refractivity (Wildman–Crippen MR) is 122 cm³/mol. The summed E-state index contributed by atoms with van der Waals surface area (Å²) in [7, 11) is 0. The van der Waals surface area contributed by atoms with Gasteiger partial charge in [0.15, 0.2) is 5.82 Å². The molecule has 1 atom stereocenters. The summed E-state index contributed by atoms with van der Waals surface area (Å²) in [5.41, 5.74) is 2.54. The van der Waals surface area contributed by atoms with Crippen molar-refractivity contribution >= 4 is 0 Å². The number of rotatable bonds is 15. The third-order valence-corrected chi connectivity index (χ3v) is 5.62. The van der Waals surface area contributed by atoms with Gasteiger partial charge in [-0.2, -0.15) is 0 Å². The van der Waals surface area contributed by atoms with Crippen LogP contribution in [0.3, 0.4) is 0 Å². The Kier molecular flexibility index (Phi) is 11.6. The summed E-state index contributed by atoms with van der Waals surface area (Å²) in [6, 6.07) is 5.31. The van der Waals surface area contributed by atoms with Crippen molar-refractivity contribution in [1.82, 2.24) is 9.97 Å². The van der Waals surface area contributed by atoms with Gasteiger partial charge >= 0.3 is 0 Å². The van der Waals surface area contributed by atoms with Crippen molar-refractivity contribution in [2.75, 3.05) is 0 Å². The van der Waals surface area contributed by atoms with Crippen LogP contribution in [-0.2, 0) is 12.8 Å². The van der Waals surface area contributed by atoms with Crippen molar-refractivity contribution in [3.8, 4) is 11.4 Å². The number of benzene rings is 1. The van der Waals surface area contributed by atoms with E-state index in [9.17, 15) is 8.78 Å². The maximum absolute atomic E-state index is 14.6. The summed E-state index contributed by atoms with van der Waals surface area (Å²) in [4.78, 5) is 8.79. The van der Waals surface area contributed by atoms with Crippen LogP contribution in [0, 0.1) is 5.82 Å². The Morgan fingerprint density at radius 2 is 1.40 bits per heavy atom. The lowest BCUT2D eigenvalue weighted by atomic mass is 10.0. The Morgan fingerprint density at radius 1 is 0.800 bits per heavy atom. The molecule has 1 heterocycles. The predicted octanol–water partition coefficient (Wildman–Crippen LogP) is 8.04. The Hall–Kier alpha value is -1.84. The second-order valence-corrected chi connectivity index (χ2v) is 8.48. The number of nitrogens with zero attached hydrogens (tertiary/aromatic N) is 2. The van der Waals surface area contributed by atoms with E-state index in [2.05, 4.69) is 16.9 Å². The average molecular weight is 417 g/mol. The lowest BCUT2D eigenvalue weighted by Crippen LogP contribution is -1.97. The number of unbranched alkanes of at least 4 members (excludes halogenated alkanes) is 8. The average Bonchev–Trinajstić information content (AvgIpc) is 2.73. The van der Waals surface area contributed by atoms with E-state index in [0.29, 0.717) is 17.8 Å². The second kappa shape index (κ2) is 14.2. The van der Waals surface area contributed by atoms with E-state index < -0.39 is 6.17 Å². The van der Waals surface area contributed by atoms with E-state index in [0.717, 1.165) is 49.7 Å². The Morgan fingerprint density at radius 3 is 2.03 bits per heavy atom. The molecule has 166 valence electrons. The van der Waals surface area contributed by atoms with Gasteiger partial charge in [-0.15, -0.1) is 0 Å². The molecule has 2 aromatic rings. The molecule has 1 unspecified atom stereocenters. The number of hydrogen-bond acceptors (Lipinski definition) is 2. The fourth-order valence-electron chi connectivity index (χ4n) is 3.74. The molecule has 0 saturated carbocycles. The van der Waals surface area contributed by atoms with E-state index in [4.69, 9.17) is 0 Å². The maximum atomic E-state index is 14.6. The van der Waals surface area contributed by atoms with Crippen LogP contribution in [-0.4, -0.2) is 16.1 Å². The van der Waals surface area contributed by atoms with E-state index in [1.54, 1.807) is 19.1 Å². The molecule has 0 radical (unpaired) electrons. The zero-order valence-corrected chi connectivity index (χ0v) is 18.8.